The van der Waals surface area contributed by atoms with Crippen LogP contribution in [0.15, 0.2) is 78.2 Å². The van der Waals surface area contributed by atoms with E-state index in [1.807, 2.05) is 42.3 Å². The molecule has 0 radical (unpaired) electrons. The van der Waals surface area contributed by atoms with Crippen LogP contribution in [0.4, 0.5) is 15.8 Å². The van der Waals surface area contributed by atoms with Crippen LogP contribution in [0.25, 0.3) is 5.57 Å². The smallest absolute Gasteiger partial charge is 0.130 e. The molecule has 0 unspecified atom stereocenters. The van der Waals surface area contributed by atoms with Gasteiger partial charge in [0.2, 0.25) is 0 Å². The maximum absolute atomic E-state index is 14.6. The van der Waals surface area contributed by atoms with Crippen molar-refractivity contribution in [3.05, 3.63) is 101 Å². The average Bonchev–Trinajstić information content (AvgIpc) is 3.50. The standard InChI is InChI=1S/C29H31FN4/c1-20-5-7-26(28(30)15-20)23-16-22-9-13-34(21(2)27(22)18-23)25-6-8-29(24(17-25)19-31)32-10-14-33-11-3-4-12-33/h5-9,13,15,17-19,31-32H,2-4,10-12,14,16H2,1H3. The summed E-state index contributed by atoms with van der Waals surface area (Å²) in [4.78, 5) is 4.52. The highest BCUT2D eigenvalue weighted by Crippen LogP contribution is 2.41. The molecule has 5 rings (SSSR count). The second kappa shape index (κ2) is 9.43. The number of benzene rings is 2. The number of nitrogens with one attached hydrogen (secondary N) is 2. The summed E-state index contributed by atoms with van der Waals surface area (Å²) in [7, 11) is 0. The molecule has 2 heterocycles. The summed E-state index contributed by atoms with van der Waals surface area (Å²) in [5, 5.41) is 11.4. The van der Waals surface area contributed by atoms with Crippen LogP contribution in [0, 0.1) is 18.2 Å². The minimum absolute atomic E-state index is 0.180. The van der Waals surface area contributed by atoms with E-state index in [0.717, 1.165) is 58.0 Å². The van der Waals surface area contributed by atoms with Gasteiger partial charge in [-0.15, -0.1) is 0 Å². The lowest BCUT2D eigenvalue weighted by Gasteiger charge is -2.28. The Labute approximate surface area is 201 Å². The fourth-order valence-corrected chi connectivity index (χ4v) is 5.05. The maximum atomic E-state index is 14.6. The van der Waals surface area contributed by atoms with Crippen LogP contribution < -0.4 is 10.2 Å². The van der Waals surface area contributed by atoms with Gasteiger partial charge in [-0.25, -0.2) is 4.39 Å². The molecule has 2 aromatic carbocycles. The lowest BCUT2D eigenvalue weighted by molar-refractivity contribution is 0.352. The molecule has 0 amide bonds. The maximum Gasteiger partial charge on any atom is 0.130 e. The number of nitrogens with zero attached hydrogens (tertiary/aromatic N) is 2. The summed E-state index contributed by atoms with van der Waals surface area (Å²) in [5.74, 6) is -0.180. The van der Waals surface area contributed by atoms with Crippen LogP contribution in [0.2, 0.25) is 0 Å². The number of allylic oxidation sites excluding steroid dienone is 4. The van der Waals surface area contributed by atoms with Crippen LogP contribution in [0.5, 0.6) is 0 Å². The van der Waals surface area contributed by atoms with Gasteiger partial charge in [-0.1, -0.05) is 18.7 Å². The Morgan fingerprint density at radius 3 is 2.74 bits per heavy atom. The van der Waals surface area contributed by atoms with E-state index in [2.05, 4.69) is 35.0 Å². The van der Waals surface area contributed by atoms with E-state index < -0.39 is 0 Å². The van der Waals surface area contributed by atoms with Crippen molar-refractivity contribution in [3.8, 4) is 0 Å². The monoisotopic (exact) mass is 454 g/mol. The fourth-order valence-electron chi connectivity index (χ4n) is 5.05. The highest BCUT2D eigenvalue weighted by atomic mass is 19.1. The van der Waals surface area contributed by atoms with Crippen molar-refractivity contribution in [1.82, 2.24) is 4.90 Å². The van der Waals surface area contributed by atoms with Crippen LogP contribution in [0.3, 0.4) is 0 Å². The van der Waals surface area contributed by atoms with Gasteiger partial charge in [-0.2, -0.15) is 0 Å². The first kappa shape index (κ1) is 22.4. The molecule has 0 saturated carbocycles. The quantitative estimate of drug-likeness (QED) is 0.485. The Hall–Kier alpha value is -3.44. The molecule has 3 aliphatic rings. The molecule has 2 aromatic rings. The highest BCUT2D eigenvalue weighted by molar-refractivity contribution is 5.89. The molecule has 0 aromatic heterocycles. The van der Waals surface area contributed by atoms with Gasteiger partial charge >= 0.3 is 0 Å². The van der Waals surface area contributed by atoms with E-state index in [1.54, 1.807) is 6.07 Å². The molecule has 1 fully saturated rings. The number of likely N-dealkylation sites (tertiary alicyclic amines) is 1. The van der Waals surface area contributed by atoms with E-state index in [9.17, 15) is 4.39 Å². The molecular formula is C29H31FN4. The van der Waals surface area contributed by atoms with Crippen LogP contribution in [-0.2, 0) is 0 Å². The molecular weight excluding hydrogens is 423 g/mol. The first-order chi connectivity index (χ1) is 16.5. The largest absolute Gasteiger partial charge is 0.383 e. The molecule has 0 atom stereocenters. The Kier molecular flexibility index (Phi) is 6.20. The summed E-state index contributed by atoms with van der Waals surface area (Å²) >= 11 is 0. The second-order valence-corrected chi connectivity index (χ2v) is 9.29. The van der Waals surface area contributed by atoms with Gasteiger partial charge < -0.3 is 20.5 Å². The Morgan fingerprint density at radius 1 is 1.15 bits per heavy atom. The number of anilines is 2. The summed E-state index contributed by atoms with van der Waals surface area (Å²) in [6, 6.07) is 11.5. The molecule has 0 bridgehead atoms. The number of hydrogen-bond donors (Lipinski definition) is 2. The summed E-state index contributed by atoms with van der Waals surface area (Å²) in [6.45, 7) is 10.5. The normalized spacial score (nSPS) is 17.9. The van der Waals surface area contributed by atoms with Gasteiger partial charge in [0.1, 0.15) is 5.82 Å². The van der Waals surface area contributed by atoms with E-state index in [0.29, 0.717) is 12.0 Å². The zero-order valence-corrected chi connectivity index (χ0v) is 19.7. The van der Waals surface area contributed by atoms with Gasteiger partial charge in [-0.05, 0) is 92.4 Å². The molecule has 1 aliphatic carbocycles. The van der Waals surface area contributed by atoms with Gasteiger partial charge in [0, 0.05) is 59.3 Å². The van der Waals surface area contributed by atoms with Gasteiger partial charge in [0.25, 0.3) is 0 Å². The number of halogens is 1. The zero-order chi connectivity index (χ0) is 23.7. The number of aryl methyl sites for hydroxylation is 1. The van der Waals surface area contributed by atoms with E-state index in [1.165, 1.54) is 32.1 Å². The SMILES string of the molecule is C=C1C2=C(C=CN1c1ccc(NCCN3CCCC3)c(C=N)c1)CC(c1ccc(C)cc1F)=C2. The Morgan fingerprint density at radius 2 is 1.97 bits per heavy atom. The molecule has 0 spiro atoms. The molecule has 1 saturated heterocycles. The predicted molar refractivity (Wildman–Crippen MR) is 140 cm³/mol. The van der Waals surface area contributed by atoms with Crippen molar-refractivity contribution in [3.63, 3.8) is 0 Å². The van der Waals surface area contributed by atoms with E-state index in [-0.39, 0.29) is 5.82 Å². The van der Waals surface area contributed by atoms with Crippen LogP contribution in [0.1, 0.15) is 36.0 Å². The lowest BCUT2D eigenvalue weighted by Crippen LogP contribution is -2.26. The first-order valence-electron chi connectivity index (χ1n) is 12.0. The third kappa shape index (κ3) is 4.36. The topological polar surface area (TPSA) is 42.4 Å². The van der Waals surface area contributed by atoms with Crippen LogP contribution >= 0.6 is 0 Å². The number of hydrogen-bond acceptors (Lipinski definition) is 4. The van der Waals surface area contributed by atoms with Crippen molar-refractivity contribution in [1.29, 1.82) is 5.41 Å². The fraction of sp³-hybridized carbons (Fsp3) is 0.276. The molecule has 34 heavy (non-hydrogen) atoms. The molecule has 2 aliphatic heterocycles. The third-order valence-electron chi connectivity index (χ3n) is 6.95. The molecule has 4 nitrogen and oxygen atoms in total. The van der Waals surface area contributed by atoms with Crippen LogP contribution in [-0.4, -0.2) is 37.3 Å². The Bertz CT molecular complexity index is 1230. The summed E-state index contributed by atoms with van der Waals surface area (Å²) in [5.41, 5.74) is 8.41. The predicted octanol–water partition coefficient (Wildman–Crippen LogP) is 6.27. The second-order valence-electron chi connectivity index (χ2n) is 9.29. The van der Waals surface area contributed by atoms with Crippen molar-refractivity contribution in [2.24, 2.45) is 0 Å². The third-order valence-corrected chi connectivity index (χ3v) is 6.95. The Balaban J connectivity index is 1.32. The zero-order valence-electron chi connectivity index (χ0n) is 19.7. The average molecular weight is 455 g/mol. The highest BCUT2D eigenvalue weighted by Gasteiger charge is 2.25. The van der Waals surface area contributed by atoms with Gasteiger partial charge in [0.15, 0.2) is 0 Å². The van der Waals surface area contributed by atoms with Crippen molar-refractivity contribution < 1.29 is 4.39 Å². The minimum atomic E-state index is -0.180. The summed E-state index contributed by atoms with van der Waals surface area (Å²) in [6.07, 6.45) is 10.9. The van der Waals surface area contributed by atoms with Gasteiger partial charge in [0.05, 0.1) is 0 Å². The molecule has 5 heteroatoms. The number of rotatable bonds is 7. The van der Waals surface area contributed by atoms with E-state index >= 15 is 0 Å². The lowest BCUT2D eigenvalue weighted by atomic mass is 10.0. The van der Waals surface area contributed by atoms with Crippen molar-refractivity contribution >= 4 is 23.2 Å². The first-order valence-corrected chi connectivity index (χ1v) is 12.0. The van der Waals surface area contributed by atoms with E-state index in [4.69, 9.17) is 5.41 Å². The minimum Gasteiger partial charge on any atom is -0.383 e. The molecule has 174 valence electrons. The summed E-state index contributed by atoms with van der Waals surface area (Å²) < 4.78 is 14.6. The van der Waals surface area contributed by atoms with Crippen molar-refractivity contribution in [2.45, 2.75) is 26.2 Å². The molecule has 2 N–H and O–H groups in total. The van der Waals surface area contributed by atoms with Gasteiger partial charge in [-0.3, -0.25) is 0 Å². The van der Waals surface area contributed by atoms with Crippen molar-refractivity contribution in [2.75, 3.05) is 36.4 Å².